The van der Waals surface area contributed by atoms with Gasteiger partial charge in [0.25, 0.3) is 0 Å². The van der Waals surface area contributed by atoms with Gasteiger partial charge in [-0.25, -0.2) is 4.79 Å². The summed E-state index contributed by atoms with van der Waals surface area (Å²) in [6.07, 6.45) is 2.82. The van der Waals surface area contributed by atoms with Gasteiger partial charge in [-0.05, 0) is 66.8 Å². The molecule has 0 saturated heterocycles. The molecule has 152 valence electrons. The van der Waals surface area contributed by atoms with Gasteiger partial charge in [0.05, 0.1) is 18.4 Å². The van der Waals surface area contributed by atoms with E-state index in [4.69, 9.17) is 33.0 Å². The van der Waals surface area contributed by atoms with Crippen molar-refractivity contribution in [3.8, 4) is 11.3 Å². The Morgan fingerprint density at radius 1 is 1.07 bits per heavy atom. The number of thiocarbonyl (C=S) groups is 1. The third-order valence-corrected chi connectivity index (χ3v) is 4.43. The number of rotatable bonds is 5. The lowest BCUT2D eigenvalue weighted by molar-refractivity contribution is -0.115. The third kappa shape index (κ3) is 5.56. The first-order valence-corrected chi connectivity index (χ1v) is 9.58. The summed E-state index contributed by atoms with van der Waals surface area (Å²) in [5.74, 6) is 0.197. The van der Waals surface area contributed by atoms with E-state index < -0.39 is 11.9 Å². The number of amides is 1. The number of carbonyl (C=O) groups excluding carboxylic acids is 2. The van der Waals surface area contributed by atoms with Gasteiger partial charge < -0.3 is 14.5 Å². The van der Waals surface area contributed by atoms with Crippen LogP contribution in [-0.4, -0.2) is 24.1 Å². The Morgan fingerprint density at radius 2 is 1.80 bits per heavy atom. The van der Waals surface area contributed by atoms with Crippen molar-refractivity contribution >= 4 is 52.6 Å². The van der Waals surface area contributed by atoms with Crippen molar-refractivity contribution in [2.75, 3.05) is 12.4 Å². The van der Waals surface area contributed by atoms with E-state index in [0.717, 1.165) is 5.56 Å². The van der Waals surface area contributed by atoms with Crippen LogP contribution in [0.3, 0.4) is 0 Å². The second kappa shape index (κ2) is 9.87. The third-order valence-electron chi connectivity index (χ3n) is 3.97. The number of para-hydroxylation sites is 1. The number of anilines is 1. The van der Waals surface area contributed by atoms with Crippen molar-refractivity contribution in [1.82, 2.24) is 5.32 Å². The molecule has 0 bridgehead atoms. The predicted molar refractivity (Wildman–Crippen MR) is 120 cm³/mol. The average molecular weight is 441 g/mol. The van der Waals surface area contributed by atoms with Crippen molar-refractivity contribution < 1.29 is 18.7 Å². The normalized spacial score (nSPS) is 10.6. The molecule has 0 spiro atoms. The first kappa shape index (κ1) is 21.3. The lowest BCUT2D eigenvalue weighted by atomic mass is 10.2. The zero-order valence-corrected chi connectivity index (χ0v) is 17.4. The molecule has 0 atom stereocenters. The van der Waals surface area contributed by atoms with E-state index in [1.54, 1.807) is 48.5 Å². The van der Waals surface area contributed by atoms with Gasteiger partial charge in [0, 0.05) is 16.7 Å². The van der Waals surface area contributed by atoms with Crippen LogP contribution in [0.1, 0.15) is 16.1 Å². The molecule has 8 heteroatoms. The maximum absolute atomic E-state index is 12.1. The highest BCUT2D eigenvalue weighted by molar-refractivity contribution is 7.80. The Labute approximate surface area is 183 Å². The quantitative estimate of drug-likeness (QED) is 0.333. The van der Waals surface area contributed by atoms with E-state index >= 15 is 0 Å². The SMILES string of the molecule is COC(=O)c1ccccc1NC(=S)NC(=O)C=Cc1ccc(-c2ccc(Cl)cc2)o1. The smallest absolute Gasteiger partial charge is 0.339 e. The summed E-state index contributed by atoms with van der Waals surface area (Å²) < 4.78 is 10.4. The van der Waals surface area contributed by atoms with E-state index in [1.165, 1.54) is 19.3 Å². The zero-order chi connectivity index (χ0) is 21.5. The molecule has 0 radical (unpaired) electrons. The van der Waals surface area contributed by atoms with Gasteiger partial charge in [-0.2, -0.15) is 0 Å². The van der Waals surface area contributed by atoms with Gasteiger partial charge in [-0.1, -0.05) is 23.7 Å². The molecule has 3 aromatic rings. The molecule has 0 aliphatic rings. The monoisotopic (exact) mass is 440 g/mol. The first-order valence-electron chi connectivity index (χ1n) is 8.79. The van der Waals surface area contributed by atoms with Crippen LogP contribution in [0.5, 0.6) is 0 Å². The largest absolute Gasteiger partial charge is 0.465 e. The molecule has 0 aliphatic heterocycles. The number of hydrogen-bond acceptors (Lipinski definition) is 5. The summed E-state index contributed by atoms with van der Waals surface area (Å²) in [6, 6.07) is 17.5. The molecule has 1 amide bonds. The van der Waals surface area contributed by atoms with Crippen molar-refractivity contribution in [1.29, 1.82) is 0 Å². The van der Waals surface area contributed by atoms with Gasteiger partial charge in [0.1, 0.15) is 11.5 Å². The maximum atomic E-state index is 12.1. The summed E-state index contributed by atoms with van der Waals surface area (Å²) in [5.41, 5.74) is 1.60. The maximum Gasteiger partial charge on any atom is 0.339 e. The average Bonchev–Trinajstić information content (AvgIpc) is 3.21. The molecular formula is C22H17ClN2O4S. The molecule has 0 unspecified atom stereocenters. The minimum absolute atomic E-state index is 0.0438. The summed E-state index contributed by atoms with van der Waals surface area (Å²) in [4.78, 5) is 23.9. The van der Waals surface area contributed by atoms with E-state index in [9.17, 15) is 9.59 Å². The Morgan fingerprint density at radius 3 is 2.53 bits per heavy atom. The number of halogens is 1. The van der Waals surface area contributed by atoms with Crippen LogP contribution in [0.25, 0.3) is 17.4 Å². The highest BCUT2D eigenvalue weighted by atomic mass is 35.5. The van der Waals surface area contributed by atoms with E-state index in [0.29, 0.717) is 27.8 Å². The molecule has 3 rings (SSSR count). The van der Waals surface area contributed by atoms with Crippen LogP contribution in [0, 0.1) is 0 Å². The Balaban J connectivity index is 1.59. The van der Waals surface area contributed by atoms with E-state index in [2.05, 4.69) is 10.6 Å². The van der Waals surface area contributed by atoms with E-state index in [1.807, 2.05) is 12.1 Å². The number of methoxy groups -OCH3 is 1. The van der Waals surface area contributed by atoms with Crippen LogP contribution in [-0.2, 0) is 9.53 Å². The second-order valence-corrected chi connectivity index (χ2v) is 6.87. The zero-order valence-electron chi connectivity index (χ0n) is 15.8. The lowest BCUT2D eigenvalue weighted by Gasteiger charge is -2.11. The Kier molecular flexibility index (Phi) is 7.00. The molecule has 0 aliphatic carbocycles. The number of benzene rings is 2. The van der Waals surface area contributed by atoms with Gasteiger partial charge in [0.15, 0.2) is 5.11 Å². The standard InChI is InChI=1S/C22H17ClN2O4S/c1-28-21(27)17-4-2-3-5-18(17)24-22(30)25-20(26)13-11-16-10-12-19(29-16)14-6-8-15(23)9-7-14/h2-13H,1H3,(H2,24,25,26,30). The van der Waals surface area contributed by atoms with Gasteiger partial charge in [-0.15, -0.1) is 0 Å². The fraction of sp³-hybridized carbons (Fsp3) is 0.0455. The fourth-order valence-electron chi connectivity index (χ4n) is 2.56. The van der Waals surface area contributed by atoms with Gasteiger partial charge in [-0.3, -0.25) is 10.1 Å². The highest BCUT2D eigenvalue weighted by Crippen LogP contribution is 2.24. The molecule has 0 saturated carbocycles. The minimum atomic E-state index is -0.513. The van der Waals surface area contributed by atoms with Crippen molar-refractivity contribution in [3.05, 3.63) is 83.1 Å². The number of carbonyl (C=O) groups is 2. The minimum Gasteiger partial charge on any atom is -0.465 e. The van der Waals surface area contributed by atoms with Crippen LogP contribution < -0.4 is 10.6 Å². The number of esters is 1. The van der Waals surface area contributed by atoms with Gasteiger partial charge in [0.2, 0.25) is 5.91 Å². The molecule has 6 nitrogen and oxygen atoms in total. The summed E-state index contributed by atoms with van der Waals surface area (Å²) in [5, 5.41) is 6.01. The number of nitrogens with one attached hydrogen (secondary N) is 2. The molecule has 2 aromatic carbocycles. The van der Waals surface area contributed by atoms with Gasteiger partial charge >= 0.3 is 5.97 Å². The number of ether oxygens (including phenoxy) is 1. The van der Waals surface area contributed by atoms with Crippen molar-refractivity contribution in [3.63, 3.8) is 0 Å². The molecular weight excluding hydrogens is 424 g/mol. The lowest BCUT2D eigenvalue weighted by Crippen LogP contribution is -2.33. The van der Waals surface area contributed by atoms with E-state index in [-0.39, 0.29) is 5.11 Å². The van der Waals surface area contributed by atoms with Crippen molar-refractivity contribution in [2.24, 2.45) is 0 Å². The molecule has 1 aromatic heterocycles. The Hall–Kier alpha value is -3.42. The first-order chi connectivity index (χ1) is 14.5. The number of hydrogen-bond donors (Lipinski definition) is 2. The van der Waals surface area contributed by atoms with Crippen LogP contribution in [0.15, 0.2) is 71.2 Å². The number of furan rings is 1. The second-order valence-electron chi connectivity index (χ2n) is 6.02. The molecule has 2 N–H and O–H groups in total. The summed E-state index contributed by atoms with van der Waals surface area (Å²) in [6.45, 7) is 0. The fourth-order valence-corrected chi connectivity index (χ4v) is 2.89. The summed E-state index contributed by atoms with van der Waals surface area (Å²) in [7, 11) is 1.29. The predicted octanol–water partition coefficient (Wildman–Crippen LogP) is 4.91. The highest BCUT2D eigenvalue weighted by Gasteiger charge is 2.12. The van der Waals surface area contributed by atoms with Crippen LogP contribution in [0.4, 0.5) is 5.69 Å². The topological polar surface area (TPSA) is 80.6 Å². The van der Waals surface area contributed by atoms with Crippen LogP contribution in [0.2, 0.25) is 5.02 Å². The molecule has 30 heavy (non-hydrogen) atoms. The van der Waals surface area contributed by atoms with Crippen LogP contribution >= 0.6 is 23.8 Å². The molecule has 1 heterocycles. The summed E-state index contributed by atoms with van der Waals surface area (Å²) >= 11 is 11.0. The molecule has 0 fully saturated rings. The Bertz CT molecular complexity index is 1110. The van der Waals surface area contributed by atoms with Crippen molar-refractivity contribution in [2.45, 2.75) is 0 Å².